The van der Waals surface area contributed by atoms with Gasteiger partial charge in [0.25, 0.3) is 5.91 Å². The minimum Gasteiger partial charge on any atom is -0.494 e. The van der Waals surface area contributed by atoms with Crippen molar-refractivity contribution in [3.63, 3.8) is 0 Å². The molecule has 0 saturated heterocycles. The Morgan fingerprint density at radius 1 is 1.23 bits per heavy atom. The number of hydrogen-bond donors (Lipinski definition) is 2. The topological polar surface area (TPSA) is 93.4 Å². The molecule has 0 aliphatic rings. The molecule has 4 rings (SSSR count). The van der Waals surface area contributed by atoms with E-state index in [0.717, 1.165) is 10.6 Å². The molecule has 31 heavy (non-hydrogen) atoms. The molecule has 0 spiro atoms. The van der Waals surface area contributed by atoms with Gasteiger partial charge in [-0.05, 0) is 43.4 Å². The van der Waals surface area contributed by atoms with Gasteiger partial charge in [0.05, 0.1) is 17.7 Å². The van der Waals surface area contributed by atoms with Gasteiger partial charge in [-0.3, -0.25) is 10.1 Å². The van der Waals surface area contributed by atoms with E-state index in [0.29, 0.717) is 21.5 Å². The maximum atomic E-state index is 12.7. The normalized spacial score (nSPS) is 10.8. The Morgan fingerprint density at radius 3 is 2.77 bits per heavy atom. The molecule has 12 heteroatoms. The van der Waals surface area contributed by atoms with Crippen molar-refractivity contribution in [3.05, 3.63) is 57.8 Å². The van der Waals surface area contributed by atoms with Crippen LogP contribution >= 0.6 is 46.8 Å². The number of carbonyl (C=O) groups is 1. The van der Waals surface area contributed by atoms with Crippen molar-refractivity contribution in [1.29, 1.82) is 0 Å². The molecule has 2 heterocycles. The summed E-state index contributed by atoms with van der Waals surface area (Å²) < 4.78 is 6.90. The molecular formula is C19H14Cl2N6O2S2. The van der Waals surface area contributed by atoms with Crippen LogP contribution in [0.1, 0.15) is 16.2 Å². The van der Waals surface area contributed by atoms with Crippen molar-refractivity contribution in [2.45, 2.75) is 6.92 Å². The van der Waals surface area contributed by atoms with E-state index >= 15 is 0 Å². The SMILES string of the molecule is COc1c(Cl)cc(Cl)cc1C(=O)NC(=S)Nc1cccc(-c2nn3c(C)nnc3s2)c1. The number of aryl methyl sites for hydroxylation is 1. The van der Waals surface area contributed by atoms with Crippen molar-refractivity contribution in [2.75, 3.05) is 12.4 Å². The predicted octanol–water partition coefficient (Wildman–Crippen LogP) is 4.60. The summed E-state index contributed by atoms with van der Waals surface area (Å²) in [6, 6.07) is 10.4. The summed E-state index contributed by atoms with van der Waals surface area (Å²) in [6.45, 7) is 1.84. The third-order valence-corrected chi connectivity index (χ3v) is 5.85. The molecule has 0 atom stereocenters. The second-order valence-electron chi connectivity index (χ2n) is 6.31. The minimum atomic E-state index is -0.501. The lowest BCUT2D eigenvalue weighted by atomic mass is 10.2. The molecule has 8 nitrogen and oxygen atoms in total. The predicted molar refractivity (Wildman–Crippen MR) is 126 cm³/mol. The highest BCUT2D eigenvalue weighted by Crippen LogP contribution is 2.32. The average Bonchev–Trinajstić information content (AvgIpc) is 3.29. The van der Waals surface area contributed by atoms with Crippen LogP contribution in [0, 0.1) is 6.92 Å². The fraction of sp³-hybridized carbons (Fsp3) is 0.105. The lowest BCUT2D eigenvalue weighted by Gasteiger charge is -2.13. The van der Waals surface area contributed by atoms with Crippen molar-refractivity contribution in [3.8, 4) is 16.3 Å². The van der Waals surface area contributed by atoms with Crippen LogP contribution in [0.4, 0.5) is 5.69 Å². The molecule has 2 aromatic carbocycles. The van der Waals surface area contributed by atoms with Crippen LogP contribution < -0.4 is 15.4 Å². The minimum absolute atomic E-state index is 0.106. The lowest BCUT2D eigenvalue weighted by molar-refractivity contribution is 0.0975. The number of benzene rings is 2. The van der Waals surface area contributed by atoms with E-state index in [-0.39, 0.29) is 21.4 Å². The quantitative estimate of drug-likeness (QED) is 0.402. The lowest BCUT2D eigenvalue weighted by Crippen LogP contribution is -2.34. The number of thiocarbonyl (C=S) groups is 1. The fourth-order valence-electron chi connectivity index (χ4n) is 2.83. The second kappa shape index (κ2) is 8.75. The first-order valence-electron chi connectivity index (χ1n) is 8.80. The van der Waals surface area contributed by atoms with Crippen LogP contribution in [0.5, 0.6) is 5.75 Å². The van der Waals surface area contributed by atoms with Gasteiger partial charge in [-0.2, -0.15) is 9.61 Å². The Bertz CT molecular complexity index is 1320. The first-order chi connectivity index (χ1) is 14.9. The number of halogens is 2. The largest absolute Gasteiger partial charge is 0.494 e. The number of amides is 1. The first-order valence-corrected chi connectivity index (χ1v) is 10.8. The summed E-state index contributed by atoms with van der Waals surface area (Å²) in [6.07, 6.45) is 0. The van der Waals surface area contributed by atoms with Crippen molar-refractivity contribution >= 4 is 68.4 Å². The van der Waals surface area contributed by atoms with E-state index in [9.17, 15) is 4.79 Å². The molecule has 0 saturated carbocycles. The summed E-state index contributed by atoms with van der Waals surface area (Å²) in [5.74, 6) is 0.429. The van der Waals surface area contributed by atoms with Gasteiger partial charge >= 0.3 is 0 Å². The van der Waals surface area contributed by atoms with Gasteiger partial charge in [-0.1, -0.05) is 46.7 Å². The summed E-state index contributed by atoms with van der Waals surface area (Å²) in [4.78, 5) is 13.4. The Kier molecular flexibility index (Phi) is 6.05. The third kappa shape index (κ3) is 4.47. The maximum Gasteiger partial charge on any atom is 0.261 e. The summed E-state index contributed by atoms with van der Waals surface area (Å²) in [5.41, 5.74) is 1.73. The van der Waals surface area contributed by atoms with Gasteiger partial charge in [0, 0.05) is 16.3 Å². The summed E-state index contributed by atoms with van der Waals surface area (Å²) in [7, 11) is 1.42. The molecule has 2 aromatic heterocycles. The average molecular weight is 493 g/mol. The Labute approximate surface area is 196 Å². The van der Waals surface area contributed by atoms with Gasteiger partial charge in [0.15, 0.2) is 10.9 Å². The highest BCUT2D eigenvalue weighted by atomic mass is 35.5. The van der Waals surface area contributed by atoms with Gasteiger partial charge < -0.3 is 10.1 Å². The van der Waals surface area contributed by atoms with Gasteiger partial charge in [-0.15, -0.1) is 10.2 Å². The molecule has 4 aromatic rings. The smallest absolute Gasteiger partial charge is 0.261 e. The third-order valence-electron chi connectivity index (χ3n) is 4.20. The molecule has 0 fully saturated rings. The van der Waals surface area contributed by atoms with E-state index in [1.807, 2.05) is 31.2 Å². The molecule has 0 aliphatic heterocycles. The highest BCUT2D eigenvalue weighted by Gasteiger charge is 2.18. The van der Waals surface area contributed by atoms with E-state index in [1.165, 1.54) is 30.6 Å². The van der Waals surface area contributed by atoms with Crippen LogP contribution in [-0.2, 0) is 0 Å². The van der Waals surface area contributed by atoms with E-state index in [4.69, 9.17) is 40.2 Å². The van der Waals surface area contributed by atoms with Crippen LogP contribution in [0.3, 0.4) is 0 Å². The number of ether oxygens (including phenoxy) is 1. The van der Waals surface area contributed by atoms with E-state index in [2.05, 4.69) is 25.9 Å². The molecule has 1 amide bonds. The molecule has 2 N–H and O–H groups in total. The number of nitrogens with one attached hydrogen (secondary N) is 2. The number of carbonyl (C=O) groups excluding carboxylic acids is 1. The number of anilines is 1. The van der Waals surface area contributed by atoms with E-state index < -0.39 is 5.91 Å². The summed E-state index contributed by atoms with van der Waals surface area (Å²) >= 11 is 18.8. The number of methoxy groups -OCH3 is 1. The highest BCUT2D eigenvalue weighted by molar-refractivity contribution is 7.80. The zero-order valence-corrected chi connectivity index (χ0v) is 19.3. The van der Waals surface area contributed by atoms with Crippen LogP contribution in [0.25, 0.3) is 15.5 Å². The molecule has 0 radical (unpaired) electrons. The molecular weight excluding hydrogens is 479 g/mol. The van der Waals surface area contributed by atoms with Crippen molar-refractivity contribution < 1.29 is 9.53 Å². The fourth-order valence-corrected chi connectivity index (χ4v) is 4.49. The van der Waals surface area contributed by atoms with Crippen LogP contribution in [0.15, 0.2) is 36.4 Å². The summed E-state index contributed by atoms with van der Waals surface area (Å²) in [5, 5.41) is 19.6. The number of fused-ring (bicyclic) bond motifs is 1. The maximum absolute atomic E-state index is 12.7. The first kappa shape index (κ1) is 21.4. The second-order valence-corrected chi connectivity index (χ2v) is 8.51. The van der Waals surface area contributed by atoms with Crippen molar-refractivity contribution in [1.82, 2.24) is 25.1 Å². The number of aromatic nitrogens is 4. The number of nitrogens with zero attached hydrogens (tertiary/aromatic N) is 4. The zero-order valence-electron chi connectivity index (χ0n) is 16.1. The van der Waals surface area contributed by atoms with Crippen LogP contribution in [0.2, 0.25) is 10.0 Å². The Morgan fingerprint density at radius 2 is 2.03 bits per heavy atom. The van der Waals surface area contributed by atoms with Crippen molar-refractivity contribution in [2.24, 2.45) is 0 Å². The zero-order chi connectivity index (χ0) is 22.1. The Balaban J connectivity index is 1.50. The monoisotopic (exact) mass is 492 g/mol. The van der Waals surface area contributed by atoms with E-state index in [1.54, 1.807) is 4.52 Å². The van der Waals surface area contributed by atoms with Gasteiger partial charge in [0.1, 0.15) is 10.8 Å². The molecule has 0 aliphatic carbocycles. The Hall–Kier alpha value is -2.79. The standard InChI is InChI=1S/C19H14Cl2N6O2S2/c1-9-24-25-19-27(9)26-17(31-19)10-4-3-5-12(6-10)22-18(30)23-16(28)13-7-11(20)8-14(21)15(13)29-2/h3-8H,1-2H3,(H2,22,23,28,30). The molecule has 0 bridgehead atoms. The van der Waals surface area contributed by atoms with Gasteiger partial charge in [0.2, 0.25) is 4.96 Å². The van der Waals surface area contributed by atoms with Crippen LogP contribution in [-0.4, -0.2) is 37.9 Å². The molecule has 0 unspecified atom stereocenters. The number of rotatable bonds is 4. The molecule has 158 valence electrons. The van der Waals surface area contributed by atoms with Gasteiger partial charge in [-0.25, -0.2) is 0 Å². The number of hydrogen-bond acceptors (Lipinski definition) is 7.